The summed E-state index contributed by atoms with van der Waals surface area (Å²) in [5.74, 6) is -0.0219. The molecule has 4 rings (SSSR count). The van der Waals surface area contributed by atoms with Gasteiger partial charge in [-0.05, 0) is 66.6 Å². The molecule has 6 nitrogen and oxygen atoms in total. The van der Waals surface area contributed by atoms with Gasteiger partial charge in [0.2, 0.25) is 0 Å². The molecular formula is C24H20ClN3O3. The summed E-state index contributed by atoms with van der Waals surface area (Å²) >= 11 is 6.01. The lowest BCUT2D eigenvalue weighted by Crippen LogP contribution is -2.32. The molecule has 2 aromatic carbocycles. The molecule has 156 valence electrons. The number of benzene rings is 2. The highest BCUT2D eigenvalue weighted by molar-refractivity contribution is 6.36. The molecule has 0 bridgehead atoms. The first-order valence-corrected chi connectivity index (χ1v) is 10.2. The van der Waals surface area contributed by atoms with Crippen molar-refractivity contribution in [1.29, 1.82) is 0 Å². The maximum Gasteiger partial charge on any atom is 0.278 e. The van der Waals surface area contributed by atoms with E-state index < -0.39 is 0 Å². The summed E-state index contributed by atoms with van der Waals surface area (Å²) in [6.45, 7) is 2.64. The van der Waals surface area contributed by atoms with Crippen molar-refractivity contribution < 1.29 is 14.3 Å². The van der Waals surface area contributed by atoms with Gasteiger partial charge in [0.25, 0.3) is 11.8 Å². The Morgan fingerprint density at radius 3 is 2.26 bits per heavy atom. The minimum Gasteiger partial charge on any atom is -0.494 e. The molecule has 0 fully saturated rings. The molecule has 1 aromatic heterocycles. The minimum atomic E-state index is -0.388. The SMILES string of the molecule is CCOc1ccc(NC2=C(c3ccc(Cl)cc3)C(=O)N(Cc3ccncc3)C2=O)cc1. The molecule has 0 spiro atoms. The van der Waals surface area contributed by atoms with Gasteiger partial charge in [-0.3, -0.25) is 19.5 Å². The third-order valence-electron chi connectivity index (χ3n) is 4.83. The fourth-order valence-corrected chi connectivity index (χ4v) is 3.46. The van der Waals surface area contributed by atoms with Gasteiger partial charge >= 0.3 is 0 Å². The number of nitrogens with one attached hydrogen (secondary N) is 1. The fraction of sp³-hybridized carbons (Fsp3) is 0.125. The van der Waals surface area contributed by atoms with Crippen LogP contribution in [0.15, 0.2) is 78.8 Å². The van der Waals surface area contributed by atoms with Crippen LogP contribution in [0.3, 0.4) is 0 Å². The van der Waals surface area contributed by atoms with Crippen LogP contribution in [0.4, 0.5) is 5.69 Å². The van der Waals surface area contributed by atoms with Crippen LogP contribution in [0.2, 0.25) is 5.02 Å². The Kier molecular flexibility index (Phi) is 6.00. The number of carbonyl (C=O) groups excluding carboxylic acids is 2. The first kappa shape index (κ1) is 20.6. The fourth-order valence-electron chi connectivity index (χ4n) is 3.34. The summed E-state index contributed by atoms with van der Waals surface area (Å²) in [6.07, 6.45) is 3.26. The average molecular weight is 434 g/mol. The number of carbonyl (C=O) groups is 2. The van der Waals surface area contributed by atoms with Gasteiger partial charge in [-0.25, -0.2) is 0 Å². The monoisotopic (exact) mass is 433 g/mol. The van der Waals surface area contributed by atoms with Crippen LogP contribution in [-0.2, 0) is 16.1 Å². The molecule has 0 aliphatic carbocycles. The standard InChI is InChI=1S/C24H20ClN3O3/c1-2-31-20-9-7-19(8-10-20)27-22-21(17-3-5-18(25)6-4-17)23(29)28(24(22)30)15-16-11-13-26-14-12-16/h3-14,27H,2,15H2,1H3. The van der Waals surface area contributed by atoms with Gasteiger partial charge in [-0.1, -0.05) is 23.7 Å². The van der Waals surface area contributed by atoms with Crippen LogP contribution >= 0.6 is 11.6 Å². The van der Waals surface area contributed by atoms with Crippen LogP contribution in [0.5, 0.6) is 5.75 Å². The van der Waals surface area contributed by atoms with E-state index in [2.05, 4.69) is 10.3 Å². The number of anilines is 1. The van der Waals surface area contributed by atoms with Crippen LogP contribution < -0.4 is 10.1 Å². The molecule has 1 aliphatic heterocycles. The first-order valence-electron chi connectivity index (χ1n) is 9.82. The Morgan fingerprint density at radius 2 is 1.61 bits per heavy atom. The van der Waals surface area contributed by atoms with Crippen molar-refractivity contribution in [1.82, 2.24) is 9.88 Å². The summed E-state index contributed by atoms with van der Waals surface area (Å²) < 4.78 is 5.47. The zero-order valence-electron chi connectivity index (χ0n) is 16.8. The summed E-state index contributed by atoms with van der Waals surface area (Å²) in [5.41, 5.74) is 2.65. The van der Waals surface area contributed by atoms with E-state index in [1.165, 1.54) is 4.90 Å². The third kappa shape index (κ3) is 4.44. The van der Waals surface area contributed by atoms with Crippen LogP contribution in [0.1, 0.15) is 18.1 Å². The van der Waals surface area contributed by atoms with Gasteiger partial charge in [0.15, 0.2) is 0 Å². The lowest BCUT2D eigenvalue weighted by molar-refractivity contribution is -0.137. The topological polar surface area (TPSA) is 71.5 Å². The highest BCUT2D eigenvalue weighted by Gasteiger charge is 2.39. The quantitative estimate of drug-likeness (QED) is 0.554. The van der Waals surface area contributed by atoms with E-state index >= 15 is 0 Å². The zero-order chi connectivity index (χ0) is 21.8. The highest BCUT2D eigenvalue weighted by atomic mass is 35.5. The number of pyridine rings is 1. The van der Waals surface area contributed by atoms with Crippen molar-refractivity contribution in [3.8, 4) is 5.75 Å². The molecule has 7 heteroatoms. The average Bonchev–Trinajstić information content (AvgIpc) is 3.01. The van der Waals surface area contributed by atoms with Crippen molar-refractivity contribution in [2.75, 3.05) is 11.9 Å². The van der Waals surface area contributed by atoms with E-state index in [4.69, 9.17) is 16.3 Å². The number of amides is 2. The van der Waals surface area contributed by atoms with Gasteiger partial charge in [0.05, 0.1) is 18.7 Å². The number of nitrogens with zero attached hydrogens (tertiary/aromatic N) is 2. The van der Waals surface area contributed by atoms with E-state index in [9.17, 15) is 9.59 Å². The number of halogens is 1. The third-order valence-corrected chi connectivity index (χ3v) is 5.08. The molecule has 31 heavy (non-hydrogen) atoms. The van der Waals surface area contributed by atoms with Gasteiger partial charge in [-0.2, -0.15) is 0 Å². The molecule has 2 amide bonds. The summed E-state index contributed by atoms with van der Waals surface area (Å²) in [4.78, 5) is 31.8. The molecule has 0 radical (unpaired) electrons. The van der Waals surface area contributed by atoms with E-state index in [-0.39, 0.29) is 24.1 Å². The molecule has 0 unspecified atom stereocenters. The van der Waals surface area contributed by atoms with E-state index in [0.717, 1.165) is 11.3 Å². The van der Waals surface area contributed by atoms with E-state index in [1.54, 1.807) is 60.9 Å². The van der Waals surface area contributed by atoms with Gasteiger partial charge in [0, 0.05) is 23.1 Å². The number of hydrogen-bond donors (Lipinski definition) is 1. The Bertz CT molecular complexity index is 1130. The number of rotatable bonds is 7. The van der Waals surface area contributed by atoms with Crippen LogP contribution in [0, 0.1) is 0 Å². The Labute approximate surface area is 185 Å². The van der Waals surface area contributed by atoms with E-state index in [1.807, 2.05) is 19.1 Å². The Morgan fingerprint density at radius 1 is 0.935 bits per heavy atom. The number of hydrogen-bond acceptors (Lipinski definition) is 5. The van der Waals surface area contributed by atoms with Gasteiger partial charge in [0.1, 0.15) is 11.4 Å². The van der Waals surface area contributed by atoms with Crippen molar-refractivity contribution >= 4 is 34.7 Å². The van der Waals surface area contributed by atoms with Gasteiger partial charge in [-0.15, -0.1) is 0 Å². The summed E-state index contributed by atoms with van der Waals surface area (Å²) in [5, 5.41) is 3.69. The first-order chi connectivity index (χ1) is 15.1. The predicted molar refractivity (Wildman–Crippen MR) is 119 cm³/mol. The normalized spacial score (nSPS) is 13.7. The van der Waals surface area contributed by atoms with Crippen molar-refractivity contribution in [2.45, 2.75) is 13.5 Å². The molecule has 1 N–H and O–H groups in total. The Balaban J connectivity index is 1.69. The second-order valence-electron chi connectivity index (χ2n) is 6.89. The number of aromatic nitrogens is 1. The van der Waals surface area contributed by atoms with E-state index in [0.29, 0.717) is 28.5 Å². The molecule has 1 aliphatic rings. The van der Waals surface area contributed by atoms with Gasteiger partial charge < -0.3 is 10.1 Å². The summed E-state index contributed by atoms with van der Waals surface area (Å²) in [6, 6.07) is 17.7. The van der Waals surface area contributed by atoms with Crippen molar-refractivity contribution in [3.05, 3.63) is 94.9 Å². The van der Waals surface area contributed by atoms with Crippen molar-refractivity contribution in [3.63, 3.8) is 0 Å². The lowest BCUT2D eigenvalue weighted by Gasteiger charge is -2.15. The molecule has 2 heterocycles. The number of ether oxygens (including phenoxy) is 1. The largest absolute Gasteiger partial charge is 0.494 e. The maximum absolute atomic E-state index is 13.3. The number of imide groups is 1. The Hall–Kier alpha value is -3.64. The molecule has 0 saturated carbocycles. The van der Waals surface area contributed by atoms with Crippen LogP contribution in [0.25, 0.3) is 5.57 Å². The van der Waals surface area contributed by atoms with Crippen molar-refractivity contribution in [2.24, 2.45) is 0 Å². The molecule has 3 aromatic rings. The maximum atomic E-state index is 13.3. The zero-order valence-corrected chi connectivity index (χ0v) is 17.6. The molecular weight excluding hydrogens is 414 g/mol. The second-order valence-corrected chi connectivity index (χ2v) is 7.33. The highest BCUT2D eigenvalue weighted by Crippen LogP contribution is 2.32. The van der Waals surface area contributed by atoms with Crippen LogP contribution in [-0.4, -0.2) is 28.3 Å². The minimum absolute atomic E-state index is 0.158. The summed E-state index contributed by atoms with van der Waals surface area (Å²) in [7, 11) is 0. The predicted octanol–water partition coefficient (Wildman–Crippen LogP) is 4.53. The molecule has 0 atom stereocenters. The smallest absolute Gasteiger partial charge is 0.278 e. The second kappa shape index (κ2) is 9.02. The molecule has 0 saturated heterocycles. The lowest BCUT2D eigenvalue weighted by atomic mass is 10.0.